The second-order valence-corrected chi connectivity index (χ2v) is 15.6. The molecule has 0 aliphatic heterocycles. The van der Waals surface area contributed by atoms with E-state index in [9.17, 15) is 14.4 Å². The van der Waals surface area contributed by atoms with E-state index in [1.165, 1.54) is 70.6 Å². The van der Waals surface area contributed by atoms with Crippen molar-refractivity contribution in [3.63, 3.8) is 0 Å². The third-order valence-electron chi connectivity index (χ3n) is 9.79. The monoisotopic (exact) mass is 833 g/mol. The molecule has 0 saturated carbocycles. The highest BCUT2D eigenvalue weighted by Gasteiger charge is 2.19. The molecule has 0 amide bonds. The number of esters is 3. The number of carbonyl (C=O) groups excluding carboxylic acids is 3. The first-order valence-corrected chi connectivity index (χ1v) is 24.2. The first-order valence-electron chi connectivity index (χ1n) is 24.2. The van der Waals surface area contributed by atoms with Crippen molar-refractivity contribution in [3.05, 3.63) is 97.2 Å². The van der Waals surface area contributed by atoms with Crippen LogP contribution in [0.1, 0.15) is 207 Å². The summed E-state index contributed by atoms with van der Waals surface area (Å²) in [4.78, 5) is 37.8. The first-order chi connectivity index (χ1) is 29.5. The molecule has 0 aromatic carbocycles. The van der Waals surface area contributed by atoms with E-state index in [1.807, 2.05) is 0 Å². The molecule has 0 aromatic heterocycles. The maximum absolute atomic E-state index is 12.7. The molecule has 0 radical (unpaired) electrons. The lowest BCUT2D eigenvalue weighted by Crippen LogP contribution is -2.30. The third kappa shape index (κ3) is 45.4. The molecule has 340 valence electrons. The van der Waals surface area contributed by atoms with Gasteiger partial charge >= 0.3 is 17.9 Å². The molecule has 0 bridgehead atoms. The van der Waals surface area contributed by atoms with Gasteiger partial charge in [0.05, 0.1) is 0 Å². The Bertz CT molecular complexity index is 1230. The van der Waals surface area contributed by atoms with Crippen molar-refractivity contribution < 1.29 is 28.6 Å². The van der Waals surface area contributed by atoms with Crippen molar-refractivity contribution in [3.8, 4) is 0 Å². The molecule has 0 heterocycles. The Balaban J connectivity index is 4.52. The van der Waals surface area contributed by atoms with Crippen LogP contribution in [-0.4, -0.2) is 37.2 Å². The molecule has 6 heteroatoms. The highest BCUT2D eigenvalue weighted by atomic mass is 16.6. The van der Waals surface area contributed by atoms with Crippen LogP contribution in [-0.2, 0) is 28.6 Å². The lowest BCUT2D eigenvalue weighted by Gasteiger charge is -2.18. The van der Waals surface area contributed by atoms with Crippen molar-refractivity contribution in [2.75, 3.05) is 13.2 Å². The predicted molar refractivity (Wildman–Crippen MR) is 256 cm³/mol. The highest BCUT2D eigenvalue weighted by Crippen LogP contribution is 2.11. The molecule has 1 unspecified atom stereocenters. The maximum Gasteiger partial charge on any atom is 0.306 e. The van der Waals surface area contributed by atoms with Gasteiger partial charge < -0.3 is 14.2 Å². The van der Waals surface area contributed by atoms with Gasteiger partial charge in [-0.25, -0.2) is 0 Å². The van der Waals surface area contributed by atoms with E-state index >= 15 is 0 Å². The van der Waals surface area contributed by atoms with Gasteiger partial charge in [0.1, 0.15) is 13.2 Å². The fourth-order valence-corrected chi connectivity index (χ4v) is 6.16. The summed E-state index contributed by atoms with van der Waals surface area (Å²) in [5.41, 5.74) is 0. The molecule has 0 aliphatic carbocycles. The first kappa shape index (κ1) is 56.3. The van der Waals surface area contributed by atoms with Gasteiger partial charge in [-0.1, -0.05) is 176 Å². The minimum absolute atomic E-state index is 0.123. The molecule has 0 N–H and O–H groups in total. The molecule has 0 aromatic rings. The molecule has 1 atom stereocenters. The Morgan fingerprint density at radius 1 is 0.350 bits per heavy atom. The van der Waals surface area contributed by atoms with Crippen molar-refractivity contribution in [1.29, 1.82) is 0 Å². The van der Waals surface area contributed by atoms with Crippen molar-refractivity contribution in [2.24, 2.45) is 0 Å². The number of carbonyl (C=O) groups is 3. The summed E-state index contributed by atoms with van der Waals surface area (Å²) >= 11 is 0. The number of hydrogen-bond acceptors (Lipinski definition) is 6. The van der Waals surface area contributed by atoms with E-state index in [-0.39, 0.29) is 44.0 Å². The zero-order valence-electron chi connectivity index (χ0n) is 38.7. The summed E-state index contributed by atoms with van der Waals surface area (Å²) in [7, 11) is 0. The van der Waals surface area contributed by atoms with Crippen LogP contribution in [0.5, 0.6) is 0 Å². The van der Waals surface area contributed by atoms with Gasteiger partial charge in [0.2, 0.25) is 0 Å². The summed E-state index contributed by atoms with van der Waals surface area (Å²) < 4.78 is 16.6. The van der Waals surface area contributed by atoms with Crippen LogP contribution < -0.4 is 0 Å². The summed E-state index contributed by atoms with van der Waals surface area (Å²) in [6, 6.07) is 0. The zero-order chi connectivity index (χ0) is 43.7. The minimum atomic E-state index is -0.824. The van der Waals surface area contributed by atoms with Gasteiger partial charge in [-0.2, -0.15) is 0 Å². The van der Waals surface area contributed by atoms with Crippen molar-refractivity contribution in [1.82, 2.24) is 0 Å². The molecular weight excluding hydrogens is 745 g/mol. The average molecular weight is 833 g/mol. The zero-order valence-corrected chi connectivity index (χ0v) is 38.7. The average Bonchev–Trinajstić information content (AvgIpc) is 3.24. The molecule has 0 rings (SSSR count). The quantitative estimate of drug-likeness (QED) is 0.0264. The maximum atomic E-state index is 12.7. The van der Waals surface area contributed by atoms with Crippen LogP contribution in [0, 0.1) is 0 Å². The number of rotatable bonds is 42. The number of hydrogen-bond donors (Lipinski definition) is 0. The van der Waals surface area contributed by atoms with Crippen LogP contribution in [0.4, 0.5) is 0 Å². The standard InChI is InChI=1S/C54H88O6/c1-4-7-10-13-16-19-21-23-25-27-29-30-32-35-38-41-44-47-53(56)59-50-51(49-58-52(55)46-43-40-37-34-18-15-12-9-6-3)60-54(57)48-45-42-39-36-33-31-28-26-24-22-20-17-14-11-8-5-2/h8,11,17,20,23-26,29-31,33-35,37-38,51H,4-7,9-10,12-16,18-19,21-22,27-28,32,36,39-50H2,1-3H3/b11-8-,20-17-,25-23-,26-24-,30-29-,33-31-,37-34-,38-35-. The Hall–Kier alpha value is -3.67. The predicted octanol–water partition coefficient (Wildman–Crippen LogP) is 15.8. The summed E-state index contributed by atoms with van der Waals surface area (Å²) in [5.74, 6) is -1.05. The van der Waals surface area contributed by atoms with Crippen LogP contribution in [0.15, 0.2) is 97.2 Å². The lowest BCUT2D eigenvalue weighted by molar-refractivity contribution is -0.167. The highest BCUT2D eigenvalue weighted by molar-refractivity contribution is 5.71. The second kappa shape index (κ2) is 48.0. The van der Waals surface area contributed by atoms with Gasteiger partial charge in [0.25, 0.3) is 0 Å². The van der Waals surface area contributed by atoms with E-state index in [4.69, 9.17) is 14.2 Å². The van der Waals surface area contributed by atoms with E-state index in [0.717, 1.165) is 77.0 Å². The molecule has 60 heavy (non-hydrogen) atoms. The largest absolute Gasteiger partial charge is 0.462 e. The lowest BCUT2D eigenvalue weighted by atomic mass is 10.1. The van der Waals surface area contributed by atoms with Crippen molar-refractivity contribution >= 4 is 17.9 Å². The molecule has 6 nitrogen and oxygen atoms in total. The van der Waals surface area contributed by atoms with E-state index in [2.05, 4.69) is 118 Å². The van der Waals surface area contributed by atoms with E-state index in [1.54, 1.807) is 0 Å². The minimum Gasteiger partial charge on any atom is -0.462 e. The third-order valence-corrected chi connectivity index (χ3v) is 9.79. The molecule has 0 spiro atoms. The Kier molecular flexibility index (Phi) is 45.1. The number of ether oxygens (including phenoxy) is 3. The summed E-state index contributed by atoms with van der Waals surface area (Å²) in [6.07, 6.45) is 62.7. The van der Waals surface area contributed by atoms with Gasteiger partial charge in [-0.05, 0) is 109 Å². The Labute approximate surface area is 368 Å². The summed E-state index contributed by atoms with van der Waals surface area (Å²) in [6.45, 7) is 6.36. The normalized spacial score (nSPS) is 12.9. The Morgan fingerprint density at radius 2 is 0.667 bits per heavy atom. The van der Waals surface area contributed by atoms with E-state index < -0.39 is 6.10 Å². The van der Waals surface area contributed by atoms with Gasteiger partial charge in [0, 0.05) is 19.3 Å². The van der Waals surface area contributed by atoms with Gasteiger partial charge in [-0.3, -0.25) is 14.4 Å². The van der Waals surface area contributed by atoms with E-state index in [0.29, 0.717) is 25.7 Å². The number of unbranched alkanes of at least 4 members (excludes halogenated alkanes) is 15. The van der Waals surface area contributed by atoms with Crippen LogP contribution in [0.2, 0.25) is 0 Å². The van der Waals surface area contributed by atoms with Crippen LogP contribution >= 0.6 is 0 Å². The molecule has 0 saturated heterocycles. The second-order valence-electron chi connectivity index (χ2n) is 15.6. The fourth-order valence-electron chi connectivity index (χ4n) is 6.16. The fraction of sp³-hybridized carbons (Fsp3) is 0.648. The molecular formula is C54H88O6. The summed E-state index contributed by atoms with van der Waals surface area (Å²) in [5, 5.41) is 0. The molecule has 0 aliphatic rings. The smallest absolute Gasteiger partial charge is 0.306 e. The molecule has 0 fully saturated rings. The van der Waals surface area contributed by atoms with Crippen LogP contribution in [0.25, 0.3) is 0 Å². The van der Waals surface area contributed by atoms with Crippen LogP contribution in [0.3, 0.4) is 0 Å². The Morgan fingerprint density at radius 3 is 1.10 bits per heavy atom. The van der Waals surface area contributed by atoms with Crippen molar-refractivity contribution in [2.45, 2.75) is 213 Å². The van der Waals surface area contributed by atoms with Gasteiger partial charge in [0.15, 0.2) is 6.10 Å². The van der Waals surface area contributed by atoms with Gasteiger partial charge in [-0.15, -0.1) is 0 Å². The topological polar surface area (TPSA) is 78.9 Å². The number of allylic oxidation sites excluding steroid dienone is 16. The SMILES string of the molecule is CC/C=C\C/C=C\C/C=C\C/C=C\CCCCCC(=O)OC(COC(=O)CCC/C=C\C/C=C\C/C=C\CCCCCCCC)COC(=O)CCC/C=C\CCCCCC.